The summed E-state index contributed by atoms with van der Waals surface area (Å²) >= 11 is 1.46. The maximum Gasteiger partial charge on any atom is 0.261 e. The van der Waals surface area contributed by atoms with Gasteiger partial charge in [0.2, 0.25) is 5.95 Å². The molecule has 0 unspecified atom stereocenters. The fraction of sp³-hybridized carbons (Fsp3) is 0.400. The number of nitrogens with zero attached hydrogens (tertiary/aromatic N) is 3. The van der Waals surface area contributed by atoms with Gasteiger partial charge in [0.1, 0.15) is 5.82 Å². The van der Waals surface area contributed by atoms with Crippen molar-refractivity contribution in [1.82, 2.24) is 15.3 Å². The highest BCUT2D eigenvalue weighted by Gasteiger charge is 2.27. The van der Waals surface area contributed by atoms with Crippen molar-refractivity contribution in [2.45, 2.75) is 25.2 Å². The Morgan fingerprint density at radius 1 is 1.15 bits per heavy atom. The van der Waals surface area contributed by atoms with Crippen molar-refractivity contribution in [3.8, 4) is 0 Å². The summed E-state index contributed by atoms with van der Waals surface area (Å²) in [5.74, 6) is 1.99. The maximum absolute atomic E-state index is 12.1. The van der Waals surface area contributed by atoms with E-state index in [2.05, 4.69) is 44.0 Å². The summed E-state index contributed by atoms with van der Waals surface area (Å²) in [6.07, 6.45) is 5.13. The highest BCUT2D eigenvalue weighted by Crippen LogP contribution is 2.42. The molecule has 1 amide bonds. The van der Waals surface area contributed by atoms with Crippen molar-refractivity contribution in [1.29, 1.82) is 0 Å². The molecule has 3 N–H and O–H groups in total. The molecule has 5 rings (SSSR count). The van der Waals surface area contributed by atoms with Gasteiger partial charge in [-0.15, -0.1) is 11.3 Å². The van der Waals surface area contributed by atoms with Crippen LogP contribution in [0, 0.1) is 0 Å². The van der Waals surface area contributed by atoms with Gasteiger partial charge in [0.15, 0.2) is 0 Å². The van der Waals surface area contributed by atoms with Crippen molar-refractivity contribution in [2.24, 2.45) is 0 Å². The second kappa shape index (κ2) is 10.8. The lowest BCUT2D eigenvalue weighted by Gasteiger charge is -2.29. The Balaban J connectivity index is 1.19. The Bertz CT molecular complexity index is 1100. The Kier molecular flexibility index (Phi) is 7.21. The van der Waals surface area contributed by atoms with Crippen molar-refractivity contribution in [3.05, 3.63) is 58.4 Å². The number of nitrogens with one attached hydrogen (secondary N) is 3. The Labute approximate surface area is 203 Å². The van der Waals surface area contributed by atoms with Crippen molar-refractivity contribution < 1.29 is 9.53 Å². The zero-order valence-electron chi connectivity index (χ0n) is 19.1. The molecule has 1 aromatic carbocycles. The fourth-order valence-electron chi connectivity index (χ4n) is 4.01. The number of amides is 1. The van der Waals surface area contributed by atoms with Crippen molar-refractivity contribution in [2.75, 3.05) is 54.9 Å². The van der Waals surface area contributed by atoms with E-state index < -0.39 is 0 Å². The molecular weight excluding hydrogens is 448 g/mol. The van der Waals surface area contributed by atoms with E-state index >= 15 is 0 Å². The van der Waals surface area contributed by atoms with Gasteiger partial charge < -0.3 is 25.6 Å². The summed E-state index contributed by atoms with van der Waals surface area (Å²) in [6.45, 7) is 4.67. The van der Waals surface area contributed by atoms with Gasteiger partial charge in [-0.25, -0.2) is 4.98 Å². The second-order valence-corrected chi connectivity index (χ2v) is 9.51. The van der Waals surface area contributed by atoms with Gasteiger partial charge in [-0.1, -0.05) is 12.1 Å². The molecule has 0 bridgehead atoms. The number of anilines is 4. The molecule has 1 aliphatic carbocycles. The third-order valence-electron chi connectivity index (χ3n) is 5.99. The molecule has 2 fully saturated rings. The van der Waals surface area contributed by atoms with Gasteiger partial charge in [-0.3, -0.25) is 4.79 Å². The third kappa shape index (κ3) is 5.84. The van der Waals surface area contributed by atoms with Crippen LogP contribution in [0.5, 0.6) is 0 Å². The van der Waals surface area contributed by atoms with Gasteiger partial charge in [-0.2, -0.15) is 4.98 Å². The number of rotatable bonds is 10. The highest BCUT2D eigenvalue weighted by atomic mass is 32.1. The van der Waals surface area contributed by atoms with Crippen LogP contribution in [-0.2, 0) is 4.74 Å². The largest absolute Gasteiger partial charge is 0.378 e. The summed E-state index contributed by atoms with van der Waals surface area (Å²) in [7, 11) is 0. The smallest absolute Gasteiger partial charge is 0.261 e. The van der Waals surface area contributed by atoms with Crippen LogP contribution < -0.4 is 20.9 Å². The molecular formula is C25H30N6O2S. The molecule has 1 saturated heterocycles. The zero-order valence-corrected chi connectivity index (χ0v) is 19.9. The topological polar surface area (TPSA) is 91.4 Å². The summed E-state index contributed by atoms with van der Waals surface area (Å²) in [5, 5.41) is 11.7. The molecule has 3 aromatic rings. The van der Waals surface area contributed by atoms with Gasteiger partial charge in [0, 0.05) is 49.3 Å². The van der Waals surface area contributed by atoms with Crippen LogP contribution in [0.4, 0.5) is 23.1 Å². The molecule has 178 valence electrons. The maximum atomic E-state index is 12.1. The van der Waals surface area contributed by atoms with E-state index in [-0.39, 0.29) is 5.91 Å². The molecule has 1 saturated carbocycles. The van der Waals surface area contributed by atoms with E-state index in [0.717, 1.165) is 55.7 Å². The molecule has 0 atom stereocenters. The van der Waals surface area contributed by atoms with Gasteiger partial charge in [-0.05, 0) is 54.8 Å². The number of hydrogen-bond acceptors (Lipinski definition) is 8. The lowest BCUT2D eigenvalue weighted by Crippen LogP contribution is -2.36. The average Bonchev–Trinajstić information content (AvgIpc) is 3.56. The minimum atomic E-state index is -0.0125. The molecule has 2 aliphatic rings. The first-order valence-electron chi connectivity index (χ1n) is 11.9. The third-order valence-corrected chi connectivity index (χ3v) is 6.86. The average molecular weight is 479 g/mol. The second-order valence-electron chi connectivity index (χ2n) is 8.56. The van der Waals surface area contributed by atoms with Crippen LogP contribution in [0.3, 0.4) is 0 Å². The number of carbonyl (C=O) groups excluding carboxylic acids is 1. The van der Waals surface area contributed by atoms with Crippen LogP contribution in [0.25, 0.3) is 0 Å². The standard InChI is InChI=1S/C25H30N6O2S/c32-24(22-6-2-15-34-22)27-10-3-9-26-23-21(18-7-8-18)17-28-25(30-23)29-19-4-1-5-20(16-19)31-11-13-33-14-12-31/h1-2,4-6,15-18H,3,7-14H2,(H,27,32)(H2,26,28,29,30). The van der Waals surface area contributed by atoms with Gasteiger partial charge >= 0.3 is 0 Å². The quantitative estimate of drug-likeness (QED) is 0.376. The molecule has 0 spiro atoms. The van der Waals surface area contributed by atoms with E-state index in [9.17, 15) is 4.79 Å². The predicted molar refractivity (Wildman–Crippen MR) is 137 cm³/mol. The zero-order chi connectivity index (χ0) is 23.2. The predicted octanol–water partition coefficient (Wildman–Crippen LogP) is 4.23. The summed E-state index contributed by atoms with van der Waals surface area (Å²) in [4.78, 5) is 24.5. The van der Waals surface area contributed by atoms with E-state index in [1.54, 1.807) is 0 Å². The van der Waals surface area contributed by atoms with E-state index in [1.165, 1.54) is 35.4 Å². The minimum absolute atomic E-state index is 0.0125. The molecule has 9 heteroatoms. The first-order valence-corrected chi connectivity index (χ1v) is 12.8. The lowest BCUT2D eigenvalue weighted by molar-refractivity contribution is 0.0957. The number of carbonyl (C=O) groups is 1. The van der Waals surface area contributed by atoms with Crippen LogP contribution in [0.2, 0.25) is 0 Å². The number of aromatic nitrogens is 2. The first kappa shape index (κ1) is 22.6. The summed E-state index contributed by atoms with van der Waals surface area (Å²) in [5.41, 5.74) is 3.31. The van der Waals surface area contributed by atoms with E-state index in [1.807, 2.05) is 29.8 Å². The van der Waals surface area contributed by atoms with Crippen molar-refractivity contribution >= 4 is 40.4 Å². The molecule has 1 aliphatic heterocycles. The normalized spacial score (nSPS) is 15.7. The lowest BCUT2D eigenvalue weighted by atomic mass is 10.2. The number of ether oxygens (including phenoxy) is 1. The fourth-order valence-corrected chi connectivity index (χ4v) is 4.65. The van der Waals surface area contributed by atoms with E-state index in [0.29, 0.717) is 18.4 Å². The monoisotopic (exact) mass is 478 g/mol. The molecule has 2 aromatic heterocycles. The number of thiophene rings is 1. The van der Waals surface area contributed by atoms with E-state index in [4.69, 9.17) is 9.72 Å². The van der Waals surface area contributed by atoms with Crippen LogP contribution >= 0.6 is 11.3 Å². The molecule has 0 radical (unpaired) electrons. The summed E-state index contributed by atoms with van der Waals surface area (Å²) in [6, 6.07) is 12.1. The number of benzene rings is 1. The number of hydrogen-bond donors (Lipinski definition) is 3. The Morgan fingerprint density at radius 2 is 2.03 bits per heavy atom. The van der Waals surface area contributed by atoms with Crippen molar-refractivity contribution in [3.63, 3.8) is 0 Å². The Morgan fingerprint density at radius 3 is 2.82 bits per heavy atom. The molecule has 8 nitrogen and oxygen atoms in total. The van der Waals surface area contributed by atoms with Gasteiger partial charge in [0.05, 0.1) is 18.1 Å². The summed E-state index contributed by atoms with van der Waals surface area (Å²) < 4.78 is 5.47. The highest BCUT2D eigenvalue weighted by molar-refractivity contribution is 7.12. The van der Waals surface area contributed by atoms with Gasteiger partial charge in [0.25, 0.3) is 5.91 Å². The Hall–Kier alpha value is -3.17. The van der Waals surface area contributed by atoms with Crippen LogP contribution in [0.1, 0.15) is 40.4 Å². The minimum Gasteiger partial charge on any atom is -0.378 e. The SMILES string of the molecule is O=C(NCCCNc1nc(Nc2cccc(N3CCOCC3)c2)ncc1C1CC1)c1cccs1. The first-order chi connectivity index (χ1) is 16.8. The molecule has 34 heavy (non-hydrogen) atoms. The number of morpholine rings is 1. The van der Waals surface area contributed by atoms with Crippen LogP contribution in [-0.4, -0.2) is 55.3 Å². The molecule has 3 heterocycles. The van der Waals surface area contributed by atoms with Crippen LogP contribution in [0.15, 0.2) is 48.0 Å².